The Hall–Kier alpha value is -1.66. The third-order valence-corrected chi connectivity index (χ3v) is 2.99. The second-order valence-electron chi connectivity index (χ2n) is 4.64. The molecule has 1 aromatic rings. The van der Waals surface area contributed by atoms with Gasteiger partial charge in [-0.25, -0.2) is 4.99 Å². The van der Waals surface area contributed by atoms with Gasteiger partial charge in [0, 0.05) is 20.1 Å². The molecule has 0 saturated heterocycles. The molecular formula is C13H25FN6. The molecule has 0 saturated carbocycles. The van der Waals surface area contributed by atoms with Gasteiger partial charge in [0.05, 0.1) is 6.67 Å². The molecule has 0 unspecified atom stereocenters. The molecule has 0 aliphatic heterocycles. The standard InChI is InChI=1S/C13H25FN6/c1-4-5-8-15-13(16-9-6-7-14)17-10-12-19-18-11(2)20(12)3/h4-10H2,1-3H3,(H2,15,16,17). The zero-order valence-corrected chi connectivity index (χ0v) is 12.6. The summed E-state index contributed by atoms with van der Waals surface area (Å²) in [6.45, 7) is 5.60. The van der Waals surface area contributed by atoms with Gasteiger partial charge in [0.1, 0.15) is 12.4 Å². The lowest BCUT2D eigenvalue weighted by Gasteiger charge is -2.11. The first kappa shape index (κ1) is 16.4. The lowest BCUT2D eigenvalue weighted by molar-refractivity contribution is 0.470. The minimum Gasteiger partial charge on any atom is -0.356 e. The highest BCUT2D eigenvalue weighted by molar-refractivity contribution is 5.79. The lowest BCUT2D eigenvalue weighted by Crippen LogP contribution is -2.38. The topological polar surface area (TPSA) is 67.1 Å². The highest BCUT2D eigenvalue weighted by Gasteiger charge is 2.04. The number of hydrogen-bond donors (Lipinski definition) is 2. The van der Waals surface area contributed by atoms with E-state index in [1.54, 1.807) is 0 Å². The molecule has 0 aliphatic carbocycles. The number of nitrogens with one attached hydrogen (secondary N) is 2. The molecular weight excluding hydrogens is 259 g/mol. The van der Waals surface area contributed by atoms with Crippen LogP contribution in [0.3, 0.4) is 0 Å². The summed E-state index contributed by atoms with van der Waals surface area (Å²) in [5.41, 5.74) is 0. The average molecular weight is 284 g/mol. The van der Waals surface area contributed by atoms with Crippen LogP contribution in [0.15, 0.2) is 4.99 Å². The van der Waals surface area contributed by atoms with Gasteiger partial charge in [-0.3, -0.25) is 4.39 Å². The van der Waals surface area contributed by atoms with Crippen LogP contribution in [0.4, 0.5) is 4.39 Å². The van der Waals surface area contributed by atoms with Gasteiger partial charge in [-0.1, -0.05) is 13.3 Å². The normalized spacial score (nSPS) is 11.7. The number of aryl methyl sites for hydroxylation is 1. The van der Waals surface area contributed by atoms with Crippen LogP contribution in [0.25, 0.3) is 0 Å². The monoisotopic (exact) mass is 284 g/mol. The molecule has 114 valence electrons. The van der Waals surface area contributed by atoms with Gasteiger partial charge < -0.3 is 15.2 Å². The van der Waals surface area contributed by atoms with Crippen molar-refractivity contribution in [1.29, 1.82) is 0 Å². The number of aliphatic imine (C=N–C) groups is 1. The van der Waals surface area contributed by atoms with E-state index in [2.05, 4.69) is 32.7 Å². The first-order chi connectivity index (χ1) is 9.69. The number of nitrogens with zero attached hydrogens (tertiary/aromatic N) is 4. The Labute approximate surface area is 119 Å². The summed E-state index contributed by atoms with van der Waals surface area (Å²) in [6, 6.07) is 0. The Kier molecular flexibility index (Phi) is 7.60. The van der Waals surface area contributed by atoms with E-state index in [1.807, 2.05) is 18.5 Å². The quantitative estimate of drug-likeness (QED) is 0.429. The Morgan fingerprint density at radius 2 is 1.95 bits per heavy atom. The molecule has 1 rings (SSSR count). The van der Waals surface area contributed by atoms with Crippen molar-refractivity contribution in [2.24, 2.45) is 12.0 Å². The Morgan fingerprint density at radius 1 is 1.25 bits per heavy atom. The van der Waals surface area contributed by atoms with Crippen molar-refractivity contribution in [2.45, 2.75) is 39.7 Å². The molecule has 0 amide bonds. The van der Waals surface area contributed by atoms with Crippen molar-refractivity contribution in [3.05, 3.63) is 11.6 Å². The van der Waals surface area contributed by atoms with Crippen LogP contribution in [0.1, 0.15) is 37.8 Å². The van der Waals surface area contributed by atoms with Crippen molar-refractivity contribution in [3.63, 3.8) is 0 Å². The minimum atomic E-state index is -0.322. The molecule has 0 fully saturated rings. The summed E-state index contributed by atoms with van der Waals surface area (Å²) in [5, 5.41) is 14.4. The van der Waals surface area contributed by atoms with Gasteiger partial charge in [0.15, 0.2) is 11.8 Å². The van der Waals surface area contributed by atoms with Crippen molar-refractivity contribution < 1.29 is 4.39 Å². The Morgan fingerprint density at radius 3 is 2.50 bits per heavy atom. The number of aromatic nitrogens is 3. The largest absolute Gasteiger partial charge is 0.356 e. The highest BCUT2D eigenvalue weighted by atomic mass is 19.1. The molecule has 0 bridgehead atoms. The van der Waals surface area contributed by atoms with Gasteiger partial charge in [-0.05, 0) is 19.8 Å². The second-order valence-corrected chi connectivity index (χ2v) is 4.64. The predicted octanol–water partition coefficient (Wildman–Crippen LogP) is 1.32. The van der Waals surface area contributed by atoms with E-state index in [9.17, 15) is 4.39 Å². The molecule has 6 nitrogen and oxygen atoms in total. The summed E-state index contributed by atoms with van der Waals surface area (Å²) in [7, 11) is 1.92. The van der Waals surface area contributed by atoms with Crippen LogP contribution in [-0.4, -0.2) is 40.5 Å². The van der Waals surface area contributed by atoms with Gasteiger partial charge in [-0.15, -0.1) is 10.2 Å². The average Bonchev–Trinajstić information content (AvgIpc) is 2.76. The van der Waals surface area contributed by atoms with Crippen molar-refractivity contribution in [2.75, 3.05) is 19.8 Å². The van der Waals surface area contributed by atoms with E-state index >= 15 is 0 Å². The van der Waals surface area contributed by atoms with E-state index in [4.69, 9.17) is 0 Å². The van der Waals surface area contributed by atoms with E-state index < -0.39 is 0 Å². The van der Waals surface area contributed by atoms with E-state index in [0.717, 1.165) is 31.0 Å². The maximum atomic E-state index is 12.1. The maximum Gasteiger partial charge on any atom is 0.191 e. The molecule has 0 aliphatic rings. The van der Waals surface area contributed by atoms with Crippen molar-refractivity contribution >= 4 is 5.96 Å². The number of alkyl halides is 1. The number of rotatable bonds is 8. The molecule has 20 heavy (non-hydrogen) atoms. The lowest BCUT2D eigenvalue weighted by atomic mass is 10.3. The number of guanidine groups is 1. The Bertz CT molecular complexity index is 403. The van der Waals surface area contributed by atoms with E-state index in [1.165, 1.54) is 0 Å². The Balaban J connectivity index is 2.55. The zero-order valence-electron chi connectivity index (χ0n) is 12.6. The van der Waals surface area contributed by atoms with Crippen LogP contribution in [0.5, 0.6) is 0 Å². The van der Waals surface area contributed by atoms with Crippen molar-refractivity contribution in [1.82, 2.24) is 25.4 Å². The van der Waals surface area contributed by atoms with Crippen LogP contribution >= 0.6 is 0 Å². The second kappa shape index (κ2) is 9.28. The fraction of sp³-hybridized carbons (Fsp3) is 0.769. The molecule has 1 aromatic heterocycles. The zero-order chi connectivity index (χ0) is 14.8. The van der Waals surface area contributed by atoms with Gasteiger partial charge >= 0.3 is 0 Å². The number of hydrogen-bond acceptors (Lipinski definition) is 3. The molecule has 1 heterocycles. The van der Waals surface area contributed by atoms with Crippen LogP contribution in [-0.2, 0) is 13.6 Å². The summed E-state index contributed by atoms with van der Waals surface area (Å²) in [4.78, 5) is 4.46. The fourth-order valence-electron chi connectivity index (χ4n) is 1.57. The fourth-order valence-corrected chi connectivity index (χ4v) is 1.57. The predicted molar refractivity (Wildman–Crippen MR) is 78.4 cm³/mol. The van der Waals surface area contributed by atoms with Crippen LogP contribution in [0, 0.1) is 6.92 Å². The summed E-state index contributed by atoms with van der Waals surface area (Å²) in [5.74, 6) is 2.37. The summed E-state index contributed by atoms with van der Waals surface area (Å²) < 4.78 is 14.0. The minimum absolute atomic E-state index is 0.322. The molecule has 0 atom stereocenters. The summed E-state index contributed by atoms with van der Waals surface area (Å²) in [6.07, 6.45) is 2.68. The van der Waals surface area contributed by atoms with E-state index in [-0.39, 0.29) is 6.67 Å². The maximum absolute atomic E-state index is 12.1. The summed E-state index contributed by atoms with van der Waals surface area (Å²) >= 11 is 0. The highest BCUT2D eigenvalue weighted by Crippen LogP contribution is 1.99. The number of halogens is 1. The molecule has 0 aromatic carbocycles. The SMILES string of the molecule is CCCCNC(=NCc1nnc(C)n1C)NCCCF. The van der Waals surface area contributed by atoms with Crippen LogP contribution < -0.4 is 10.6 Å². The molecule has 7 heteroatoms. The van der Waals surface area contributed by atoms with Crippen LogP contribution in [0.2, 0.25) is 0 Å². The third kappa shape index (κ3) is 5.54. The van der Waals surface area contributed by atoms with Crippen molar-refractivity contribution in [3.8, 4) is 0 Å². The first-order valence-electron chi connectivity index (χ1n) is 7.12. The van der Waals surface area contributed by atoms with Gasteiger partial charge in [-0.2, -0.15) is 0 Å². The molecule has 2 N–H and O–H groups in total. The molecule has 0 radical (unpaired) electrons. The van der Waals surface area contributed by atoms with E-state index in [0.29, 0.717) is 25.5 Å². The smallest absolute Gasteiger partial charge is 0.191 e. The molecule has 0 spiro atoms. The van der Waals surface area contributed by atoms with Gasteiger partial charge in [0.2, 0.25) is 0 Å². The number of unbranched alkanes of at least 4 members (excludes halogenated alkanes) is 1. The third-order valence-electron chi connectivity index (χ3n) is 2.99. The van der Waals surface area contributed by atoms with Gasteiger partial charge in [0.25, 0.3) is 0 Å². The first-order valence-corrected chi connectivity index (χ1v) is 7.12.